The molecule has 0 aliphatic rings. The summed E-state index contributed by atoms with van der Waals surface area (Å²) < 4.78 is 0. The molecule has 0 amide bonds. The minimum absolute atomic E-state index is 0. The van der Waals surface area contributed by atoms with Gasteiger partial charge in [-0.1, -0.05) is 13.3 Å². The van der Waals surface area contributed by atoms with Gasteiger partial charge in [0.25, 0.3) is 0 Å². The van der Waals surface area contributed by atoms with Crippen molar-refractivity contribution in [3.63, 3.8) is 0 Å². The zero-order chi connectivity index (χ0) is 9.52. The van der Waals surface area contributed by atoms with E-state index in [1.165, 1.54) is 0 Å². The van der Waals surface area contributed by atoms with Crippen molar-refractivity contribution in [2.45, 2.75) is 26.3 Å². The fourth-order valence-corrected chi connectivity index (χ4v) is 0.850. The maximum Gasteiger partial charge on any atom is 0.242 e. The van der Waals surface area contributed by atoms with Crippen LogP contribution in [0, 0.1) is 0 Å². The lowest BCUT2D eigenvalue weighted by Gasteiger charge is -2.02. The summed E-state index contributed by atoms with van der Waals surface area (Å²) in [6.45, 7) is 3.41. The molecule has 0 saturated carbocycles. The predicted molar refractivity (Wildman–Crippen MR) is 58.4 cm³/mol. The van der Waals surface area contributed by atoms with E-state index in [0.717, 1.165) is 19.4 Å². The Balaban J connectivity index is 0.00000169. The van der Waals surface area contributed by atoms with Crippen molar-refractivity contribution in [1.82, 2.24) is 15.2 Å². The van der Waals surface area contributed by atoms with Gasteiger partial charge in [-0.05, 0) is 6.42 Å². The lowest BCUT2D eigenvalue weighted by molar-refractivity contribution is 0.808. The van der Waals surface area contributed by atoms with Crippen LogP contribution in [0.25, 0.3) is 0 Å². The van der Waals surface area contributed by atoms with Crippen molar-refractivity contribution in [2.75, 3.05) is 11.9 Å². The molecule has 1 aromatic heterocycles. The van der Waals surface area contributed by atoms with Gasteiger partial charge in [0.15, 0.2) is 0 Å². The molecule has 0 radical (unpaired) electrons. The summed E-state index contributed by atoms with van der Waals surface area (Å²) >= 11 is 0. The molecular formula is C8H16ClN5. The van der Waals surface area contributed by atoms with E-state index in [-0.39, 0.29) is 12.4 Å². The van der Waals surface area contributed by atoms with E-state index in [4.69, 9.17) is 5.73 Å². The predicted octanol–water partition coefficient (Wildman–Crippen LogP) is 0.964. The van der Waals surface area contributed by atoms with Gasteiger partial charge in [0.2, 0.25) is 5.95 Å². The number of aromatic nitrogens is 3. The van der Waals surface area contributed by atoms with Crippen LogP contribution in [0.4, 0.5) is 5.95 Å². The smallest absolute Gasteiger partial charge is 0.242 e. The summed E-state index contributed by atoms with van der Waals surface area (Å²) in [6.07, 6.45) is 3.91. The first-order valence-electron chi connectivity index (χ1n) is 4.49. The second-order valence-electron chi connectivity index (χ2n) is 2.76. The van der Waals surface area contributed by atoms with E-state index < -0.39 is 0 Å². The van der Waals surface area contributed by atoms with Crippen LogP contribution in [-0.2, 0) is 6.54 Å². The molecule has 3 N–H and O–H groups in total. The molecule has 1 aromatic rings. The van der Waals surface area contributed by atoms with Crippen LogP contribution in [0.15, 0.2) is 6.20 Å². The molecule has 1 heterocycles. The fourth-order valence-electron chi connectivity index (χ4n) is 0.850. The number of hydrogen-bond acceptors (Lipinski definition) is 5. The quantitative estimate of drug-likeness (QED) is 0.719. The van der Waals surface area contributed by atoms with Crippen LogP contribution in [0.2, 0.25) is 0 Å². The molecule has 6 heteroatoms. The Bertz CT molecular complexity index is 238. The molecule has 0 aromatic carbocycles. The van der Waals surface area contributed by atoms with Gasteiger partial charge in [0.1, 0.15) is 0 Å². The topological polar surface area (TPSA) is 76.7 Å². The molecule has 0 saturated heterocycles. The first-order valence-corrected chi connectivity index (χ1v) is 4.49. The molecule has 0 atom stereocenters. The van der Waals surface area contributed by atoms with Crippen LogP contribution in [-0.4, -0.2) is 21.7 Å². The van der Waals surface area contributed by atoms with Gasteiger partial charge in [0.05, 0.1) is 11.9 Å². The highest BCUT2D eigenvalue weighted by molar-refractivity contribution is 5.85. The molecule has 14 heavy (non-hydrogen) atoms. The average molecular weight is 218 g/mol. The Hall–Kier alpha value is -0.940. The molecule has 0 fully saturated rings. The van der Waals surface area contributed by atoms with Crippen molar-refractivity contribution < 1.29 is 0 Å². The second kappa shape index (κ2) is 7.46. The van der Waals surface area contributed by atoms with Gasteiger partial charge in [0, 0.05) is 13.1 Å². The van der Waals surface area contributed by atoms with Gasteiger partial charge in [-0.3, -0.25) is 0 Å². The van der Waals surface area contributed by atoms with E-state index in [1.807, 2.05) is 0 Å². The normalized spacial score (nSPS) is 9.29. The summed E-state index contributed by atoms with van der Waals surface area (Å²) in [6, 6.07) is 0. The van der Waals surface area contributed by atoms with E-state index in [2.05, 4.69) is 27.4 Å². The molecule has 5 nitrogen and oxygen atoms in total. The van der Waals surface area contributed by atoms with Crippen molar-refractivity contribution in [3.05, 3.63) is 11.9 Å². The first-order chi connectivity index (χ1) is 6.36. The molecule has 0 aliphatic heterocycles. The number of nitrogens with one attached hydrogen (secondary N) is 1. The molecule has 0 bridgehead atoms. The van der Waals surface area contributed by atoms with Crippen LogP contribution < -0.4 is 11.1 Å². The minimum Gasteiger partial charge on any atom is -0.353 e. The highest BCUT2D eigenvalue weighted by Gasteiger charge is 1.95. The van der Waals surface area contributed by atoms with E-state index in [1.54, 1.807) is 6.20 Å². The number of unbranched alkanes of at least 4 members (excludes halogenated alkanes) is 1. The molecule has 0 unspecified atom stereocenters. The van der Waals surface area contributed by atoms with Gasteiger partial charge < -0.3 is 11.1 Å². The lowest BCUT2D eigenvalue weighted by Crippen LogP contribution is -2.08. The Kier molecular flexibility index (Phi) is 6.96. The van der Waals surface area contributed by atoms with Crippen LogP contribution in [0.5, 0.6) is 0 Å². The number of nitrogens with zero attached hydrogens (tertiary/aromatic N) is 3. The third-order valence-corrected chi connectivity index (χ3v) is 1.63. The highest BCUT2D eigenvalue weighted by Crippen LogP contribution is 1.96. The maximum absolute atomic E-state index is 5.36. The molecule has 0 spiro atoms. The number of nitrogens with two attached hydrogens (primary N) is 1. The third kappa shape index (κ3) is 4.34. The highest BCUT2D eigenvalue weighted by atomic mass is 35.5. The SMILES string of the molecule is CCCCNc1ncc(CN)nn1.Cl. The van der Waals surface area contributed by atoms with Gasteiger partial charge in [-0.2, -0.15) is 0 Å². The molecule has 0 aliphatic carbocycles. The van der Waals surface area contributed by atoms with Crippen LogP contribution >= 0.6 is 12.4 Å². The van der Waals surface area contributed by atoms with Gasteiger partial charge in [-0.15, -0.1) is 22.6 Å². The number of rotatable bonds is 5. The van der Waals surface area contributed by atoms with Crippen LogP contribution in [0.3, 0.4) is 0 Å². The lowest BCUT2D eigenvalue weighted by atomic mass is 10.3. The van der Waals surface area contributed by atoms with Crippen molar-refractivity contribution in [2.24, 2.45) is 5.73 Å². The van der Waals surface area contributed by atoms with E-state index in [0.29, 0.717) is 18.2 Å². The minimum atomic E-state index is 0. The van der Waals surface area contributed by atoms with Gasteiger partial charge in [-0.25, -0.2) is 4.98 Å². The fraction of sp³-hybridized carbons (Fsp3) is 0.625. The standard InChI is InChI=1S/C8H15N5.ClH/c1-2-3-4-10-8-11-6-7(5-9)12-13-8;/h6H,2-5,9H2,1H3,(H,10,11,13);1H. The summed E-state index contributed by atoms with van der Waals surface area (Å²) in [7, 11) is 0. The van der Waals surface area contributed by atoms with E-state index in [9.17, 15) is 0 Å². The number of halogens is 1. The number of hydrogen-bond donors (Lipinski definition) is 2. The molecule has 80 valence electrons. The van der Waals surface area contributed by atoms with Crippen molar-refractivity contribution >= 4 is 18.4 Å². The summed E-state index contributed by atoms with van der Waals surface area (Å²) in [5, 5.41) is 10.8. The van der Waals surface area contributed by atoms with Crippen molar-refractivity contribution in [3.8, 4) is 0 Å². The Labute approximate surface area is 89.9 Å². The monoisotopic (exact) mass is 217 g/mol. The Morgan fingerprint density at radius 2 is 2.21 bits per heavy atom. The molecular weight excluding hydrogens is 202 g/mol. The Morgan fingerprint density at radius 3 is 2.71 bits per heavy atom. The summed E-state index contributed by atoms with van der Waals surface area (Å²) in [4.78, 5) is 4.06. The van der Waals surface area contributed by atoms with Crippen molar-refractivity contribution in [1.29, 1.82) is 0 Å². The average Bonchev–Trinajstić information content (AvgIpc) is 2.19. The summed E-state index contributed by atoms with van der Waals surface area (Å²) in [5.41, 5.74) is 6.07. The largest absolute Gasteiger partial charge is 0.353 e. The third-order valence-electron chi connectivity index (χ3n) is 1.63. The van der Waals surface area contributed by atoms with Crippen LogP contribution in [0.1, 0.15) is 25.5 Å². The summed E-state index contributed by atoms with van der Waals surface area (Å²) in [5.74, 6) is 0.575. The first kappa shape index (κ1) is 13.1. The second-order valence-corrected chi connectivity index (χ2v) is 2.76. The Morgan fingerprint density at radius 1 is 1.43 bits per heavy atom. The maximum atomic E-state index is 5.36. The van der Waals surface area contributed by atoms with E-state index >= 15 is 0 Å². The zero-order valence-corrected chi connectivity index (χ0v) is 9.05. The number of anilines is 1. The zero-order valence-electron chi connectivity index (χ0n) is 8.23. The molecule has 1 rings (SSSR count). The van der Waals surface area contributed by atoms with Gasteiger partial charge >= 0.3 is 0 Å².